The zero-order valence-corrected chi connectivity index (χ0v) is 17.1. The summed E-state index contributed by atoms with van der Waals surface area (Å²) in [7, 11) is 0. The van der Waals surface area contributed by atoms with Gasteiger partial charge in [-0.1, -0.05) is 36.9 Å². The third-order valence-corrected chi connectivity index (χ3v) is 4.63. The van der Waals surface area contributed by atoms with Crippen molar-refractivity contribution in [1.29, 1.82) is 0 Å². The molecule has 0 aliphatic heterocycles. The van der Waals surface area contributed by atoms with Crippen LogP contribution in [0.1, 0.15) is 28.6 Å². The molecule has 1 heterocycles. The minimum absolute atomic E-state index is 0.0216. The van der Waals surface area contributed by atoms with Crippen molar-refractivity contribution in [2.75, 3.05) is 26.2 Å². The number of para-hydroxylation sites is 1. The molecule has 0 aliphatic carbocycles. The molecule has 3 N–H and O–H groups in total. The van der Waals surface area contributed by atoms with Gasteiger partial charge in [-0.15, -0.1) is 11.3 Å². The molecule has 2 rings (SSSR count). The highest BCUT2D eigenvalue weighted by molar-refractivity contribution is 7.12. The van der Waals surface area contributed by atoms with E-state index in [1.165, 1.54) is 11.3 Å². The number of amides is 1. The van der Waals surface area contributed by atoms with E-state index >= 15 is 0 Å². The van der Waals surface area contributed by atoms with Crippen LogP contribution >= 0.6 is 11.3 Å². The number of nitrogens with zero attached hydrogens (tertiary/aromatic N) is 1. The van der Waals surface area contributed by atoms with E-state index in [0.29, 0.717) is 26.2 Å². The summed E-state index contributed by atoms with van der Waals surface area (Å²) in [5.74, 6) is 1.54. The van der Waals surface area contributed by atoms with Crippen LogP contribution in [-0.4, -0.2) is 38.1 Å². The number of guanidine groups is 1. The van der Waals surface area contributed by atoms with E-state index in [-0.39, 0.29) is 5.91 Å². The molecule has 1 amide bonds. The lowest BCUT2D eigenvalue weighted by atomic mass is 10.2. The van der Waals surface area contributed by atoms with Gasteiger partial charge in [-0.3, -0.25) is 4.79 Å². The molecule has 1 aromatic carbocycles. The summed E-state index contributed by atoms with van der Waals surface area (Å²) in [5.41, 5.74) is 1.02. The number of hydrogen-bond donors (Lipinski definition) is 3. The second-order valence-corrected chi connectivity index (χ2v) is 6.86. The largest absolute Gasteiger partial charge is 0.489 e. The van der Waals surface area contributed by atoms with Crippen molar-refractivity contribution in [1.82, 2.24) is 16.0 Å². The third-order valence-electron chi connectivity index (χ3n) is 3.76. The maximum absolute atomic E-state index is 11.9. The van der Waals surface area contributed by atoms with Gasteiger partial charge < -0.3 is 20.7 Å². The van der Waals surface area contributed by atoms with Gasteiger partial charge in [0.05, 0.1) is 11.4 Å². The minimum atomic E-state index is -0.0216. The zero-order chi connectivity index (χ0) is 20.0. The lowest BCUT2D eigenvalue weighted by Crippen LogP contribution is -2.38. The summed E-state index contributed by atoms with van der Waals surface area (Å²) in [6, 6.07) is 11.6. The Morgan fingerprint density at radius 1 is 1.18 bits per heavy atom. The average molecular weight is 401 g/mol. The highest BCUT2D eigenvalue weighted by Gasteiger charge is 2.05. The highest BCUT2D eigenvalue weighted by atomic mass is 32.1. The van der Waals surface area contributed by atoms with E-state index < -0.39 is 0 Å². The van der Waals surface area contributed by atoms with Crippen molar-refractivity contribution in [3.05, 3.63) is 64.9 Å². The Morgan fingerprint density at radius 2 is 2.00 bits per heavy atom. The predicted octanol–water partition coefficient (Wildman–Crippen LogP) is 3.19. The molecular formula is C21H28N4O2S. The van der Waals surface area contributed by atoms with E-state index in [1.807, 2.05) is 48.7 Å². The SMILES string of the molecule is C=CCOc1ccccc1CN=C(NCC)NCCCNC(=O)c1cccs1. The van der Waals surface area contributed by atoms with E-state index in [4.69, 9.17) is 4.74 Å². The molecular weight excluding hydrogens is 372 g/mol. The smallest absolute Gasteiger partial charge is 0.261 e. The van der Waals surface area contributed by atoms with Gasteiger partial charge in [0.2, 0.25) is 0 Å². The van der Waals surface area contributed by atoms with E-state index in [0.717, 1.165) is 35.1 Å². The van der Waals surface area contributed by atoms with Crippen LogP contribution < -0.4 is 20.7 Å². The van der Waals surface area contributed by atoms with Gasteiger partial charge in [-0.2, -0.15) is 0 Å². The Bertz CT molecular complexity index is 760. The van der Waals surface area contributed by atoms with Crippen LogP contribution in [-0.2, 0) is 6.54 Å². The van der Waals surface area contributed by atoms with E-state index in [1.54, 1.807) is 6.08 Å². The quantitative estimate of drug-likeness (QED) is 0.234. The molecule has 0 saturated heterocycles. The fraction of sp³-hybridized carbons (Fsp3) is 0.333. The Kier molecular flexibility index (Phi) is 9.65. The summed E-state index contributed by atoms with van der Waals surface area (Å²) < 4.78 is 5.68. The number of ether oxygens (including phenoxy) is 1. The maximum atomic E-state index is 11.9. The Hall–Kier alpha value is -2.80. The third kappa shape index (κ3) is 7.44. The monoisotopic (exact) mass is 400 g/mol. The van der Waals surface area contributed by atoms with Crippen LogP contribution in [0.15, 0.2) is 59.4 Å². The van der Waals surface area contributed by atoms with Crippen LogP contribution in [0.4, 0.5) is 0 Å². The number of benzene rings is 1. The predicted molar refractivity (Wildman–Crippen MR) is 116 cm³/mol. The van der Waals surface area contributed by atoms with Crippen LogP contribution in [0.25, 0.3) is 0 Å². The van der Waals surface area contributed by atoms with Crippen LogP contribution in [0, 0.1) is 0 Å². The molecule has 0 fully saturated rings. The first-order valence-corrected chi connectivity index (χ1v) is 10.3. The van der Waals surface area contributed by atoms with Gasteiger partial charge >= 0.3 is 0 Å². The van der Waals surface area contributed by atoms with Crippen LogP contribution in [0.3, 0.4) is 0 Å². The molecule has 1 aromatic heterocycles. The van der Waals surface area contributed by atoms with Gasteiger partial charge in [0.15, 0.2) is 5.96 Å². The van der Waals surface area contributed by atoms with Gasteiger partial charge in [0, 0.05) is 25.2 Å². The topological polar surface area (TPSA) is 74.8 Å². The van der Waals surface area contributed by atoms with Crippen LogP contribution in [0.2, 0.25) is 0 Å². The molecule has 7 heteroatoms. The molecule has 6 nitrogen and oxygen atoms in total. The van der Waals surface area contributed by atoms with E-state index in [2.05, 4.69) is 27.5 Å². The number of hydrogen-bond acceptors (Lipinski definition) is 4. The number of aliphatic imine (C=N–C) groups is 1. The normalized spacial score (nSPS) is 11.0. The summed E-state index contributed by atoms with van der Waals surface area (Å²) >= 11 is 1.44. The standard InChI is InChI=1S/C21H28N4O2S/c1-3-14-27-18-10-6-5-9-17(18)16-25-21(22-4-2)24-13-8-12-23-20(26)19-11-7-15-28-19/h3,5-7,9-11,15H,1,4,8,12-14,16H2,2H3,(H,23,26)(H2,22,24,25). The van der Waals surface area contributed by atoms with Crippen molar-refractivity contribution >= 4 is 23.2 Å². The van der Waals surface area contributed by atoms with Crippen molar-refractivity contribution in [3.8, 4) is 5.75 Å². The number of rotatable bonds is 11. The molecule has 0 bridgehead atoms. The molecule has 0 saturated carbocycles. The maximum Gasteiger partial charge on any atom is 0.261 e. The van der Waals surface area contributed by atoms with E-state index in [9.17, 15) is 4.79 Å². The van der Waals surface area contributed by atoms with Crippen molar-refractivity contribution in [2.24, 2.45) is 4.99 Å². The molecule has 0 spiro atoms. The summed E-state index contributed by atoms with van der Waals surface area (Å²) in [4.78, 5) is 17.3. The first kappa shape index (κ1) is 21.5. The first-order valence-electron chi connectivity index (χ1n) is 9.40. The lowest BCUT2D eigenvalue weighted by molar-refractivity contribution is 0.0957. The number of nitrogens with one attached hydrogen (secondary N) is 3. The lowest BCUT2D eigenvalue weighted by Gasteiger charge is -2.13. The number of thiophene rings is 1. The van der Waals surface area contributed by atoms with Gasteiger partial charge in [0.1, 0.15) is 12.4 Å². The van der Waals surface area contributed by atoms with Crippen molar-refractivity contribution < 1.29 is 9.53 Å². The summed E-state index contributed by atoms with van der Waals surface area (Å²) in [6.07, 6.45) is 2.53. The summed E-state index contributed by atoms with van der Waals surface area (Å²) in [6.45, 7) is 8.79. The van der Waals surface area contributed by atoms with Crippen molar-refractivity contribution in [2.45, 2.75) is 19.9 Å². The zero-order valence-electron chi connectivity index (χ0n) is 16.2. The number of carbonyl (C=O) groups is 1. The highest BCUT2D eigenvalue weighted by Crippen LogP contribution is 2.18. The second kappa shape index (κ2) is 12.6. The molecule has 0 radical (unpaired) electrons. The van der Waals surface area contributed by atoms with Gasteiger partial charge in [-0.25, -0.2) is 4.99 Å². The Labute approximate surface area is 170 Å². The average Bonchev–Trinajstić information content (AvgIpc) is 3.25. The van der Waals surface area contributed by atoms with Gasteiger partial charge in [-0.05, 0) is 30.9 Å². The minimum Gasteiger partial charge on any atom is -0.489 e. The fourth-order valence-corrected chi connectivity index (χ4v) is 3.06. The molecule has 0 aliphatic rings. The Morgan fingerprint density at radius 3 is 2.75 bits per heavy atom. The summed E-state index contributed by atoms with van der Waals surface area (Å²) in [5, 5.41) is 11.4. The fourth-order valence-electron chi connectivity index (χ4n) is 2.42. The molecule has 0 unspecified atom stereocenters. The Balaban J connectivity index is 1.79. The molecule has 28 heavy (non-hydrogen) atoms. The molecule has 0 atom stereocenters. The second-order valence-electron chi connectivity index (χ2n) is 5.92. The van der Waals surface area contributed by atoms with Crippen LogP contribution in [0.5, 0.6) is 5.75 Å². The van der Waals surface area contributed by atoms with Gasteiger partial charge in [0.25, 0.3) is 5.91 Å². The molecule has 150 valence electrons. The van der Waals surface area contributed by atoms with Crippen molar-refractivity contribution in [3.63, 3.8) is 0 Å². The number of carbonyl (C=O) groups excluding carboxylic acids is 1. The first-order chi connectivity index (χ1) is 13.7. The molecule has 2 aromatic rings.